The lowest BCUT2D eigenvalue weighted by Gasteiger charge is -2.24. The molecule has 0 radical (unpaired) electrons. The minimum atomic E-state index is -3.04. The van der Waals surface area contributed by atoms with Gasteiger partial charge in [0.05, 0.1) is 0 Å². The molecule has 0 fully saturated rings. The Hall–Kier alpha value is -0.175. The van der Waals surface area contributed by atoms with Crippen LogP contribution >= 0.6 is 0 Å². The van der Waals surface area contributed by atoms with Crippen molar-refractivity contribution in [3.05, 3.63) is 0 Å². The number of rotatable bonds is 4. The summed E-state index contributed by atoms with van der Waals surface area (Å²) < 4.78 is 4.12. The standard InChI is InChI=1S/C4H11BO6/c1-2-3(4(6,7)8)11-5(9)10/h3,6-10H,2H2,1H3. The minimum absolute atomic E-state index is 0.0289. The van der Waals surface area contributed by atoms with Crippen LogP contribution in [0, 0.1) is 0 Å². The highest BCUT2D eigenvalue weighted by atomic mass is 16.7. The summed E-state index contributed by atoms with van der Waals surface area (Å²) in [6.07, 6.45) is -1.41. The first-order valence-electron chi connectivity index (χ1n) is 3.06. The topological polar surface area (TPSA) is 110 Å². The lowest BCUT2D eigenvalue weighted by molar-refractivity contribution is -0.352. The Morgan fingerprint density at radius 3 is 1.91 bits per heavy atom. The molecule has 7 heteroatoms. The van der Waals surface area contributed by atoms with Gasteiger partial charge in [0.2, 0.25) is 0 Å². The summed E-state index contributed by atoms with van der Waals surface area (Å²) in [6.45, 7) is 1.48. The van der Waals surface area contributed by atoms with Gasteiger partial charge in [-0.15, -0.1) is 0 Å². The van der Waals surface area contributed by atoms with E-state index in [4.69, 9.17) is 25.4 Å². The van der Waals surface area contributed by atoms with E-state index >= 15 is 0 Å². The maximum absolute atomic E-state index is 8.49. The van der Waals surface area contributed by atoms with Crippen molar-refractivity contribution in [3.63, 3.8) is 0 Å². The number of hydrogen-bond donors (Lipinski definition) is 5. The van der Waals surface area contributed by atoms with Crippen LogP contribution < -0.4 is 0 Å². The fraction of sp³-hybridized carbons (Fsp3) is 1.00. The van der Waals surface area contributed by atoms with E-state index in [1.807, 2.05) is 0 Å². The monoisotopic (exact) mass is 166 g/mol. The van der Waals surface area contributed by atoms with Crippen molar-refractivity contribution < 1.29 is 30.0 Å². The van der Waals surface area contributed by atoms with Gasteiger partial charge >= 0.3 is 13.3 Å². The Bertz CT molecular complexity index is 110. The molecule has 0 amide bonds. The number of hydrogen-bond acceptors (Lipinski definition) is 6. The van der Waals surface area contributed by atoms with Crippen LogP contribution in [-0.4, -0.2) is 44.8 Å². The summed E-state index contributed by atoms with van der Waals surface area (Å²) in [7, 11) is -2.13. The van der Waals surface area contributed by atoms with E-state index in [0.717, 1.165) is 0 Å². The van der Waals surface area contributed by atoms with Gasteiger partial charge in [0, 0.05) is 0 Å². The van der Waals surface area contributed by atoms with E-state index in [2.05, 4.69) is 4.65 Å². The van der Waals surface area contributed by atoms with Crippen molar-refractivity contribution in [2.24, 2.45) is 0 Å². The highest BCUT2D eigenvalue weighted by molar-refractivity contribution is 6.32. The van der Waals surface area contributed by atoms with Gasteiger partial charge in [-0.2, -0.15) is 0 Å². The smallest absolute Gasteiger partial charge is 0.402 e. The highest BCUT2D eigenvalue weighted by Crippen LogP contribution is 2.10. The third-order valence-corrected chi connectivity index (χ3v) is 1.09. The highest BCUT2D eigenvalue weighted by Gasteiger charge is 2.34. The first kappa shape index (κ1) is 10.8. The average Bonchev–Trinajstić information content (AvgIpc) is 1.79. The number of aliphatic hydroxyl groups is 3. The zero-order valence-electron chi connectivity index (χ0n) is 6.01. The van der Waals surface area contributed by atoms with Gasteiger partial charge in [-0.25, -0.2) is 0 Å². The molecule has 0 saturated heterocycles. The van der Waals surface area contributed by atoms with E-state index < -0.39 is 19.4 Å². The molecule has 11 heavy (non-hydrogen) atoms. The molecule has 0 aliphatic rings. The Morgan fingerprint density at radius 1 is 1.36 bits per heavy atom. The second kappa shape index (κ2) is 4.00. The second-order valence-corrected chi connectivity index (χ2v) is 2.05. The summed E-state index contributed by atoms with van der Waals surface area (Å²) in [5, 5.41) is 41.9. The van der Waals surface area contributed by atoms with Crippen molar-refractivity contribution in [2.45, 2.75) is 25.4 Å². The molecule has 5 N–H and O–H groups in total. The molecule has 0 spiro atoms. The van der Waals surface area contributed by atoms with Gasteiger partial charge in [0.1, 0.15) is 6.10 Å². The predicted molar refractivity (Wildman–Crippen MR) is 34.7 cm³/mol. The van der Waals surface area contributed by atoms with Crippen molar-refractivity contribution in [2.75, 3.05) is 0 Å². The molecule has 0 aliphatic carbocycles. The summed E-state index contributed by atoms with van der Waals surface area (Å²) in [5.74, 6) is -3.04. The quantitative estimate of drug-likeness (QED) is 0.231. The molecular weight excluding hydrogens is 155 g/mol. The first-order valence-corrected chi connectivity index (χ1v) is 3.06. The average molecular weight is 166 g/mol. The van der Waals surface area contributed by atoms with Crippen LogP contribution in [0.5, 0.6) is 0 Å². The lowest BCUT2D eigenvalue weighted by Crippen LogP contribution is -2.46. The van der Waals surface area contributed by atoms with E-state index in [1.165, 1.54) is 6.92 Å². The van der Waals surface area contributed by atoms with Gasteiger partial charge in [-0.1, -0.05) is 6.92 Å². The maximum atomic E-state index is 8.49. The zero-order chi connectivity index (χ0) is 9.07. The molecule has 6 nitrogen and oxygen atoms in total. The van der Waals surface area contributed by atoms with E-state index in [0.29, 0.717) is 0 Å². The SMILES string of the molecule is CCC(OB(O)O)C(O)(O)O. The molecule has 0 aliphatic heterocycles. The zero-order valence-corrected chi connectivity index (χ0v) is 6.01. The van der Waals surface area contributed by atoms with E-state index in [9.17, 15) is 0 Å². The Kier molecular flexibility index (Phi) is 3.94. The van der Waals surface area contributed by atoms with Crippen LogP contribution in [0.15, 0.2) is 0 Å². The predicted octanol–water partition coefficient (Wildman–Crippen LogP) is -2.62. The Morgan fingerprint density at radius 2 is 1.82 bits per heavy atom. The molecular formula is C4H11BO6. The van der Waals surface area contributed by atoms with Crippen LogP contribution in [0.25, 0.3) is 0 Å². The second-order valence-electron chi connectivity index (χ2n) is 2.05. The van der Waals surface area contributed by atoms with Gasteiger partial charge in [-0.3, -0.25) is 0 Å². The lowest BCUT2D eigenvalue weighted by atomic mass is 10.1. The summed E-state index contributed by atoms with van der Waals surface area (Å²) >= 11 is 0. The van der Waals surface area contributed by atoms with Gasteiger partial charge in [0.15, 0.2) is 0 Å². The molecule has 0 aromatic heterocycles. The summed E-state index contributed by atoms with van der Waals surface area (Å²) in [6, 6.07) is 0. The molecule has 0 bridgehead atoms. The molecule has 0 heterocycles. The third-order valence-electron chi connectivity index (χ3n) is 1.09. The molecule has 0 rings (SSSR count). The molecule has 66 valence electrons. The Balaban J connectivity index is 3.96. The van der Waals surface area contributed by atoms with E-state index in [1.54, 1.807) is 0 Å². The molecule has 0 aromatic rings. The molecule has 1 atom stereocenters. The van der Waals surface area contributed by atoms with Gasteiger partial charge in [0.25, 0.3) is 0 Å². The van der Waals surface area contributed by atoms with Gasteiger partial charge < -0.3 is 30.0 Å². The maximum Gasteiger partial charge on any atom is 0.634 e. The summed E-state index contributed by atoms with van der Waals surface area (Å²) in [5.41, 5.74) is 0. The van der Waals surface area contributed by atoms with E-state index in [-0.39, 0.29) is 6.42 Å². The van der Waals surface area contributed by atoms with Crippen LogP contribution in [-0.2, 0) is 4.65 Å². The fourth-order valence-electron chi connectivity index (χ4n) is 0.608. The third kappa shape index (κ3) is 4.30. The van der Waals surface area contributed by atoms with Gasteiger partial charge in [-0.05, 0) is 6.42 Å². The minimum Gasteiger partial charge on any atom is -0.402 e. The largest absolute Gasteiger partial charge is 0.634 e. The van der Waals surface area contributed by atoms with Crippen molar-refractivity contribution >= 4 is 7.32 Å². The summed E-state index contributed by atoms with van der Waals surface area (Å²) in [4.78, 5) is 0. The van der Waals surface area contributed by atoms with Crippen molar-refractivity contribution in [1.29, 1.82) is 0 Å². The molecule has 0 aromatic carbocycles. The van der Waals surface area contributed by atoms with Crippen LogP contribution in [0.2, 0.25) is 0 Å². The fourth-order valence-corrected chi connectivity index (χ4v) is 0.608. The Labute approximate surface area is 63.8 Å². The van der Waals surface area contributed by atoms with Crippen LogP contribution in [0.1, 0.15) is 13.3 Å². The van der Waals surface area contributed by atoms with Crippen molar-refractivity contribution in [3.8, 4) is 0 Å². The molecule has 1 unspecified atom stereocenters. The molecule has 0 saturated carbocycles. The van der Waals surface area contributed by atoms with Crippen molar-refractivity contribution in [1.82, 2.24) is 0 Å². The first-order chi connectivity index (χ1) is 4.88. The van der Waals surface area contributed by atoms with Crippen LogP contribution in [0.4, 0.5) is 0 Å². The van der Waals surface area contributed by atoms with Crippen LogP contribution in [0.3, 0.4) is 0 Å². The normalized spacial score (nSPS) is 14.7.